The summed E-state index contributed by atoms with van der Waals surface area (Å²) >= 11 is 0. The molecule has 0 bridgehead atoms. The van der Waals surface area contributed by atoms with E-state index in [1.54, 1.807) is 0 Å². The van der Waals surface area contributed by atoms with Gasteiger partial charge in [0.2, 0.25) is 10.0 Å². The predicted octanol–water partition coefficient (Wildman–Crippen LogP) is -1.05. The molecule has 0 aliphatic heterocycles. The van der Waals surface area contributed by atoms with Gasteiger partial charge >= 0.3 is 0 Å². The van der Waals surface area contributed by atoms with E-state index in [-0.39, 0.29) is 5.69 Å². The highest BCUT2D eigenvalue weighted by Gasteiger charge is 2.20. The van der Waals surface area contributed by atoms with Crippen molar-refractivity contribution in [2.24, 2.45) is 5.73 Å². The Bertz CT molecular complexity index is 623. The van der Waals surface area contributed by atoms with Gasteiger partial charge in [-0.1, -0.05) is 12.1 Å². The Kier molecular flexibility index (Phi) is 4.29. The molecule has 1 atom stereocenters. The molecule has 0 saturated carbocycles. The zero-order valence-electron chi connectivity index (χ0n) is 9.02. The zero-order valence-corrected chi connectivity index (χ0v) is 10.6. The van der Waals surface area contributed by atoms with Crippen LogP contribution in [0.25, 0.3) is 0 Å². The number of hydrogen-bond donors (Lipinski definition) is 4. The van der Waals surface area contributed by atoms with Crippen molar-refractivity contribution in [1.29, 1.82) is 0 Å². The third kappa shape index (κ3) is 4.23. The lowest BCUT2D eigenvalue weighted by atomic mass is 10.3. The van der Waals surface area contributed by atoms with Crippen LogP contribution in [0.3, 0.4) is 0 Å². The second-order valence-corrected chi connectivity index (χ2v) is 6.58. The second-order valence-electron chi connectivity index (χ2n) is 3.42. The first-order valence-corrected chi connectivity index (χ1v) is 7.72. The first-order chi connectivity index (χ1) is 8.12. The topological polar surface area (TPSA) is 147 Å². The molecule has 1 aromatic rings. The molecule has 0 amide bonds. The molecule has 10 heteroatoms. The lowest BCUT2D eigenvalue weighted by molar-refractivity contribution is 0.205. The monoisotopic (exact) mass is 296 g/mol. The number of rotatable bonds is 5. The van der Waals surface area contributed by atoms with Crippen molar-refractivity contribution in [3.8, 4) is 0 Å². The van der Waals surface area contributed by atoms with Gasteiger partial charge in [-0.2, -0.15) is 8.42 Å². The largest absolute Gasteiger partial charge is 0.378 e. The number of aliphatic hydroxyl groups excluding tert-OH is 1. The standard InChI is InChI=1S/C8H12N2O6S2/c9-8(11)5-17(12,13)10-6-3-1-2-4-7(6)18(14,15)16/h1-4,8,10-11H,5,9H2,(H,14,15,16). The fraction of sp³-hybridized carbons (Fsp3) is 0.250. The number of anilines is 1. The fourth-order valence-corrected chi connectivity index (χ4v) is 2.97. The van der Waals surface area contributed by atoms with E-state index in [2.05, 4.69) is 0 Å². The molecule has 1 aromatic carbocycles. The van der Waals surface area contributed by atoms with Gasteiger partial charge < -0.3 is 10.8 Å². The van der Waals surface area contributed by atoms with Gasteiger partial charge in [-0.3, -0.25) is 9.27 Å². The smallest absolute Gasteiger partial charge is 0.296 e. The lowest BCUT2D eigenvalue weighted by Gasteiger charge is -2.11. The normalized spacial score (nSPS) is 14.2. The van der Waals surface area contributed by atoms with Crippen LogP contribution in [0.15, 0.2) is 29.2 Å². The van der Waals surface area contributed by atoms with Gasteiger partial charge in [-0.25, -0.2) is 8.42 Å². The number of sulfonamides is 1. The molecule has 102 valence electrons. The Balaban J connectivity index is 3.14. The number of nitrogens with two attached hydrogens (primary N) is 1. The van der Waals surface area contributed by atoms with E-state index in [1.165, 1.54) is 12.1 Å². The van der Waals surface area contributed by atoms with Crippen molar-refractivity contribution in [3.63, 3.8) is 0 Å². The van der Waals surface area contributed by atoms with Gasteiger partial charge in [0.25, 0.3) is 10.1 Å². The quantitative estimate of drug-likeness (QED) is 0.400. The SMILES string of the molecule is NC(O)CS(=O)(=O)Nc1ccccc1S(=O)(=O)O. The van der Waals surface area contributed by atoms with Gasteiger partial charge in [0, 0.05) is 0 Å². The van der Waals surface area contributed by atoms with Crippen LogP contribution >= 0.6 is 0 Å². The third-order valence-corrected chi connectivity index (χ3v) is 4.04. The van der Waals surface area contributed by atoms with Crippen molar-refractivity contribution in [1.82, 2.24) is 0 Å². The molecule has 1 rings (SSSR count). The molecule has 5 N–H and O–H groups in total. The molecule has 18 heavy (non-hydrogen) atoms. The second kappa shape index (κ2) is 5.20. The summed E-state index contributed by atoms with van der Waals surface area (Å²) in [7, 11) is -8.57. The van der Waals surface area contributed by atoms with Gasteiger partial charge in [0.05, 0.1) is 5.69 Å². The minimum atomic E-state index is -4.56. The van der Waals surface area contributed by atoms with E-state index < -0.39 is 37.0 Å². The molecule has 0 fully saturated rings. The molecule has 1 unspecified atom stereocenters. The van der Waals surface area contributed by atoms with Gasteiger partial charge in [0.1, 0.15) is 16.9 Å². The Morgan fingerprint density at radius 2 is 1.78 bits per heavy atom. The maximum Gasteiger partial charge on any atom is 0.296 e. The average Bonchev–Trinajstić information content (AvgIpc) is 2.13. The minimum Gasteiger partial charge on any atom is -0.378 e. The van der Waals surface area contributed by atoms with Crippen LogP contribution in [0.2, 0.25) is 0 Å². The molecular weight excluding hydrogens is 284 g/mol. The Labute approximate surface area is 104 Å². The highest BCUT2D eigenvalue weighted by molar-refractivity contribution is 7.92. The Morgan fingerprint density at radius 3 is 2.28 bits per heavy atom. The Morgan fingerprint density at radius 1 is 1.22 bits per heavy atom. The van der Waals surface area contributed by atoms with Crippen LogP contribution in [0.1, 0.15) is 0 Å². The number of hydrogen-bond acceptors (Lipinski definition) is 6. The highest BCUT2D eigenvalue weighted by atomic mass is 32.2. The van der Waals surface area contributed by atoms with E-state index >= 15 is 0 Å². The molecule has 0 saturated heterocycles. The number of aliphatic hydroxyl groups is 1. The maximum atomic E-state index is 11.5. The molecule has 8 nitrogen and oxygen atoms in total. The van der Waals surface area contributed by atoms with Crippen molar-refractivity contribution < 1.29 is 26.5 Å². The average molecular weight is 296 g/mol. The molecule has 0 aliphatic carbocycles. The van der Waals surface area contributed by atoms with Gasteiger partial charge in [0.15, 0.2) is 0 Å². The molecule has 0 aliphatic rings. The van der Waals surface area contributed by atoms with E-state index in [1.807, 2.05) is 4.72 Å². The molecular formula is C8H12N2O6S2. The van der Waals surface area contributed by atoms with Crippen LogP contribution in [0, 0.1) is 0 Å². The zero-order chi connectivity index (χ0) is 14.0. The van der Waals surface area contributed by atoms with Crippen molar-refractivity contribution >= 4 is 25.8 Å². The third-order valence-electron chi connectivity index (χ3n) is 1.82. The predicted molar refractivity (Wildman–Crippen MR) is 63.9 cm³/mol. The fourth-order valence-electron chi connectivity index (χ4n) is 1.21. The van der Waals surface area contributed by atoms with E-state index in [0.29, 0.717) is 0 Å². The molecule has 0 spiro atoms. The van der Waals surface area contributed by atoms with Crippen molar-refractivity contribution in [3.05, 3.63) is 24.3 Å². The highest BCUT2D eigenvalue weighted by Crippen LogP contribution is 2.21. The number of nitrogens with one attached hydrogen (secondary N) is 1. The molecule has 0 aromatic heterocycles. The van der Waals surface area contributed by atoms with Gasteiger partial charge in [-0.05, 0) is 12.1 Å². The summed E-state index contributed by atoms with van der Waals surface area (Å²) in [5.41, 5.74) is 4.61. The van der Waals surface area contributed by atoms with E-state index in [4.69, 9.17) is 15.4 Å². The van der Waals surface area contributed by atoms with Crippen molar-refractivity contribution in [2.45, 2.75) is 11.1 Å². The molecule has 0 heterocycles. The number of benzene rings is 1. The van der Waals surface area contributed by atoms with E-state index in [0.717, 1.165) is 12.1 Å². The van der Waals surface area contributed by atoms with Gasteiger partial charge in [-0.15, -0.1) is 0 Å². The summed E-state index contributed by atoms with van der Waals surface area (Å²) in [6.07, 6.45) is -1.60. The maximum absolute atomic E-state index is 11.5. The van der Waals surface area contributed by atoms with Crippen LogP contribution in [-0.2, 0) is 20.1 Å². The first kappa shape index (κ1) is 14.9. The minimum absolute atomic E-state index is 0.319. The summed E-state index contributed by atoms with van der Waals surface area (Å²) in [5, 5.41) is 8.79. The summed E-state index contributed by atoms with van der Waals surface area (Å²) in [4.78, 5) is -0.583. The Hall–Kier alpha value is -1.20. The number of para-hydroxylation sites is 1. The summed E-state index contributed by atoms with van der Waals surface area (Å²) < 4.78 is 55.8. The first-order valence-electron chi connectivity index (χ1n) is 4.62. The summed E-state index contributed by atoms with van der Waals surface area (Å²) in [6.45, 7) is 0. The summed E-state index contributed by atoms with van der Waals surface area (Å²) in [6, 6.07) is 4.89. The van der Waals surface area contributed by atoms with Crippen LogP contribution < -0.4 is 10.5 Å². The van der Waals surface area contributed by atoms with Crippen LogP contribution in [0.4, 0.5) is 5.69 Å². The molecule has 0 radical (unpaired) electrons. The van der Waals surface area contributed by atoms with Crippen LogP contribution in [0.5, 0.6) is 0 Å². The van der Waals surface area contributed by atoms with E-state index in [9.17, 15) is 16.8 Å². The van der Waals surface area contributed by atoms with Crippen LogP contribution in [-0.4, -0.2) is 38.5 Å². The van der Waals surface area contributed by atoms with Crippen molar-refractivity contribution in [2.75, 3.05) is 10.5 Å². The summed E-state index contributed by atoms with van der Waals surface area (Å²) in [5.74, 6) is -0.799. The lowest BCUT2D eigenvalue weighted by Crippen LogP contribution is -2.32.